The van der Waals surface area contributed by atoms with E-state index in [9.17, 15) is 9.90 Å². The van der Waals surface area contributed by atoms with Crippen LogP contribution in [0.4, 0.5) is 0 Å². The molecule has 2 heterocycles. The Morgan fingerprint density at radius 3 is 2.65 bits per heavy atom. The normalized spacial score (nSPS) is 19.1. The van der Waals surface area contributed by atoms with Crippen LogP contribution in [0.3, 0.4) is 0 Å². The first-order valence-corrected chi connectivity index (χ1v) is 9.29. The fraction of sp³-hybridized carbons (Fsp3) is 0.421. The molecule has 0 saturated carbocycles. The Morgan fingerprint density at radius 1 is 1.31 bits per heavy atom. The van der Waals surface area contributed by atoms with Crippen LogP contribution in [-0.2, 0) is 4.79 Å². The Kier molecular flexibility index (Phi) is 5.88. The topological polar surface area (TPSA) is 72.1 Å². The smallest absolute Gasteiger partial charge is 0.320 e. The third-order valence-corrected chi connectivity index (χ3v) is 5.46. The van der Waals surface area contributed by atoms with Gasteiger partial charge in [0.25, 0.3) is 0 Å². The van der Waals surface area contributed by atoms with E-state index >= 15 is 0 Å². The molecule has 1 aromatic carbocycles. The number of aliphatic carboxylic acids is 1. The van der Waals surface area contributed by atoms with E-state index in [1.54, 1.807) is 20.5 Å². The molecule has 7 heteroatoms. The summed E-state index contributed by atoms with van der Waals surface area (Å²) in [7, 11) is 3.16. The minimum Gasteiger partial charge on any atom is -0.493 e. The summed E-state index contributed by atoms with van der Waals surface area (Å²) in [5.74, 6) is 1.09. The van der Waals surface area contributed by atoms with Crippen molar-refractivity contribution in [1.29, 1.82) is 0 Å². The monoisotopic (exact) mass is 423 g/mol. The van der Waals surface area contributed by atoms with Crippen molar-refractivity contribution in [2.45, 2.75) is 31.3 Å². The standard InChI is InChI=1S/C19H22BrNO5/c1-24-16-10-12(13(20)11-17(16)25-2)18(15-7-5-9-26-15)21-8-4-3-6-14(21)19(22)23/h5,7,9-11,14,18H,3-4,6,8H2,1-2H3,(H,22,23). The maximum atomic E-state index is 11.8. The van der Waals surface area contributed by atoms with Gasteiger partial charge in [-0.25, -0.2) is 0 Å². The van der Waals surface area contributed by atoms with Gasteiger partial charge in [-0.1, -0.05) is 22.4 Å². The second-order valence-electron chi connectivity index (χ2n) is 6.23. The molecule has 3 rings (SSSR count). The molecule has 1 saturated heterocycles. The molecule has 0 radical (unpaired) electrons. The van der Waals surface area contributed by atoms with Crippen molar-refractivity contribution in [3.05, 3.63) is 46.3 Å². The Hall–Kier alpha value is -1.99. The van der Waals surface area contributed by atoms with Gasteiger partial charge in [0.15, 0.2) is 11.5 Å². The summed E-state index contributed by atoms with van der Waals surface area (Å²) in [6.07, 6.45) is 4.09. The van der Waals surface area contributed by atoms with Crippen molar-refractivity contribution >= 4 is 21.9 Å². The van der Waals surface area contributed by atoms with Crippen LogP contribution in [0.5, 0.6) is 11.5 Å². The van der Waals surface area contributed by atoms with Crippen LogP contribution >= 0.6 is 15.9 Å². The molecule has 140 valence electrons. The maximum Gasteiger partial charge on any atom is 0.320 e. The molecule has 1 N–H and O–H groups in total. The highest BCUT2D eigenvalue weighted by Gasteiger charge is 2.37. The lowest BCUT2D eigenvalue weighted by molar-refractivity contribution is -0.145. The summed E-state index contributed by atoms with van der Waals surface area (Å²) in [4.78, 5) is 13.8. The Balaban J connectivity index is 2.12. The molecule has 0 aliphatic carbocycles. The Morgan fingerprint density at radius 2 is 2.04 bits per heavy atom. The summed E-state index contributed by atoms with van der Waals surface area (Å²) in [5, 5.41) is 9.73. The van der Waals surface area contributed by atoms with Crippen LogP contribution in [0.15, 0.2) is 39.4 Å². The number of nitrogens with zero attached hydrogens (tertiary/aromatic N) is 1. The molecule has 0 bridgehead atoms. The zero-order chi connectivity index (χ0) is 18.7. The maximum absolute atomic E-state index is 11.8. The second kappa shape index (κ2) is 8.14. The molecule has 2 unspecified atom stereocenters. The molecular formula is C19H22BrNO5. The lowest BCUT2D eigenvalue weighted by Crippen LogP contribution is -2.46. The Labute approximate surface area is 160 Å². The first-order valence-electron chi connectivity index (χ1n) is 8.50. The third-order valence-electron chi connectivity index (χ3n) is 4.77. The fourth-order valence-corrected chi connectivity index (χ4v) is 4.09. The number of carboxylic acids is 1. The van der Waals surface area contributed by atoms with Crippen molar-refractivity contribution in [2.24, 2.45) is 0 Å². The van der Waals surface area contributed by atoms with Crippen LogP contribution in [0.2, 0.25) is 0 Å². The summed E-state index contributed by atoms with van der Waals surface area (Å²) in [5.41, 5.74) is 0.880. The predicted octanol–water partition coefficient (Wildman–Crippen LogP) is 4.09. The van der Waals surface area contributed by atoms with Crippen LogP contribution in [0.25, 0.3) is 0 Å². The molecule has 26 heavy (non-hydrogen) atoms. The van der Waals surface area contributed by atoms with Crippen LogP contribution < -0.4 is 9.47 Å². The molecule has 2 atom stereocenters. The number of benzene rings is 1. The summed E-state index contributed by atoms with van der Waals surface area (Å²) >= 11 is 3.61. The van der Waals surface area contributed by atoms with Crippen molar-refractivity contribution < 1.29 is 23.8 Å². The first kappa shape index (κ1) is 18.8. The number of rotatable bonds is 6. The van der Waals surface area contributed by atoms with Crippen molar-refractivity contribution in [2.75, 3.05) is 20.8 Å². The average Bonchev–Trinajstić information content (AvgIpc) is 3.17. The number of carbonyl (C=O) groups is 1. The molecular weight excluding hydrogens is 402 g/mol. The lowest BCUT2D eigenvalue weighted by Gasteiger charge is -2.38. The van der Waals surface area contributed by atoms with E-state index in [2.05, 4.69) is 15.9 Å². The quantitative estimate of drug-likeness (QED) is 0.754. The fourth-order valence-electron chi connectivity index (χ4n) is 3.55. The van der Waals surface area contributed by atoms with Gasteiger partial charge < -0.3 is 19.0 Å². The number of piperidine rings is 1. The number of hydrogen-bond acceptors (Lipinski definition) is 5. The molecule has 2 aromatic rings. The van der Waals surface area contributed by atoms with E-state index in [1.165, 1.54) is 0 Å². The van der Waals surface area contributed by atoms with Gasteiger partial charge >= 0.3 is 5.97 Å². The summed E-state index contributed by atoms with van der Waals surface area (Å²) in [6.45, 7) is 0.684. The number of ether oxygens (including phenoxy) is 2. The van der Waals surface area contributed by atoms with Gasteiger partial charge in [-0.05, 0) is 42.7 Å². The van der Waals surface area contributed by atoms with Gasteiger partial charge in [-0.3, -0.25) is 9.69 Å². The number of hydrogen-bond donors (Lipinski definition) is 1. The highest BCUT2D eigenvalue weighted by molar-refractivity contribution is 9.10. The van der Waals surface area contributed by atoms with E-state index in [0.29, 0.717) is 30.2 Å². The number of furan rings is 1. The molecule has 1 aromatic heterocycles. The molecule has 1 fully saturated rings. The number of carboxylic acid groups (broad SMARTS) is 1. The predicted molar refractivity (Wildman–Crippen MR) is 99.8 cm³/mol. The van der Waals surface area contributed by atoms with Gasteiger partial charge in [-0.15, -0.1) is 0 Å². The molecule has 0 spiro atoms. The van der Waals surface area contributed by atoms with Crippen LogP contribution in [-0.4, -0.2) is 42.8 Å². The third kappa shape index (κ3) is 3.59. The summed E-state index contributed by atoms with van der Waals surface area (Å²) in [6, 6.07) is 6.52. The largest absolute Gasteiger partial charge is 0.493 e. The van der Waals surface area contributed by atoms with Gasteiger partial charge in [0.1, 0.15) is 11.8 Å². The number of likely N-dealkylation sites (tertiary alicyclic amines) is 1. The van der Waals surface area contributed by atoms with E-state index in [1.807, 2.05) is 29.2 Å². The molecule has 1 aliphatic rings. The van der Waals surface area contributed by atoms with Gasteiger partial charge in [0.2, 0.25) is 0 Å². The van der Waals surface area contributed by atoms with Gasteiger partial charge in [-0.2, -0.15) is 0 Å². The highest BCUT2D eigenvalue weighted by atomic mass is 79.9. The van der Waals surface area contributed by atoms with Crippen LogP contribution in [0, 0.1) is 0 Å². The van der Waals surface area contributed by atoms with E-state index in [4.69, 9.17) is 13.9 Å². The van der Waals surface area contributed by atoms with Crippen molar-refractivity contribution in [3.8, 4) is 11.5 Å². The summed E-state index contributed by atoms with van der Waals surface area (Å²) < 4.78 is 17.3. The minimum atomic E-state index is -0.808. The SMILES string of the molecule is COc1cc(Br)c(C(c2ccco2)N2CCCCC2C(=O)O)cc1OC. The molecule has 6 nitrogen and oxygen atoms in total. The average molecular weight is 424 g/mol. The number of halogens is 1. The second-order valence-corrected chi connectivity index (χ2v) is 7.09. The zero-order valence-electron chi connectivity index (χ0n) is 14.8. The van der Waals surface area contributed by atoms with E-state index < -0.39 is 12.0 Å². The Bertz CT molecular complexity index is 762. The van der Waals surface area contributed by atoms with Gasteiger partial charge in [0, 0.05) is 11.0 Å². The number of methoxy groups -OCH3 is 2. The lowest BCUT2D eigenvalue weighted by atomic mass is 9.94. The minimum absolute atomic E-state index is 0.333. The molecule has 1 aliphatic heterocycles. The van der Waals surface area contributed by atoms with Crippen molar-refractivity contribution in [3.63, 3.8) is 0 Å². The van der Waals surface area contributed by atoms with Crippen LogP contribution in [0.1, 0.15) is 36.6 Å². The van der Waals surface area contributed by atoms with E-state index in [-0.39, 0.29) is 6.04 Å². The van der Waals surface area contributed by atoms with Gasteiger partial charge in [0.05, 0.1) is 26.5 Å². The van der Waals surface area contributed by atoms with Crippen molar-refractivity contribution in [1.82, 2.24) is 4.90 Å². The van der Waals surface area contributed by atoms with E-state index in [0.717, 1.165) is 22.9 Å². The molecule has 0 amide bonds. The zero-order valence-corrected chi connectivity index (χ0v) is 16.4. The highest BCUT2D eigenvalue weighted by Crippen LogP contribution is 2.42. The first-order chi connectivity index (χ1) is 12.6.